The third-order valence-corrected chi connectivity index (χ3v) is 5.17. The summed E-state index contributed by atoms with van der Waals surface area (Å²) in [6, 6.07) is 9.82. The summed E-state index contributed by atoms with van der Waals surface area (Å²) in [6.45, 7) is 12.4. The van der Waals surface area contributed by atoms with Crippen LogP contribution in [0, 0.1) is 0 Å². The molecule has 2 aliphatic heterocycles. The van der Waals surface area contributed by atoms with E-state index in [2.05, 4.69) is 73.4 Å². The minimum Gasteiger partial charge on any atom is -0.481 e. The van der Waals surface area contributed by atoms with Crippen molar-refractivity contribution < 1.29 is 9.90 Å². The number of nitrogens with zero attached hydrogens (tertiary/aromatic N) is 2. The lowest BCUT2D eigenvalue weighted by molar-refractivity contribution is -0.134. The number of aliphatic carboxylic acids is 1. The lowest BCUT2D eigenvalue weighted by Gasteiger charge is -2.32. The number of carbonyl (C=O) groups is 1. The first-order valence-corrected chi connectivity index (χ1v) is 9.51. The summed E-state index contributed by atoms with van der Waals surface area (Å²) in [5.41, 5.74) is 3.12. The molecule has 1 fully saturated rings. The molecule has 3 rings (SSSR count). The second-order valence-corrected chi connectivity index (χ2v) is 8.21. The predicted octanol–water partition coefficient (Wildman–Crippen LogP) is 3.60. The van der Waals surface area contributed by atoms with Gasteiger partial charge < -0.3 is 5.11 Å². The maximum atomic E-state index is 9.00. The maximum absolute atomic E-state index is 9.00. The highest BCUT2D eigenvalue weighted by atomic mass is 16.4. The van der Waals surface area contributed by atoms with Crippen molar-refractivity contribution in [1.82, 2.24) is 10.2 Å². The molecule has 5 heteroatoms. The van der Waals surface area contributed by atoms with Crippen LogP contribution >= 0.6 is 0 Å². The molecule has 0 aromatic heterocycles. The minimum absolute atomic E-state index is 0.183. The van der Waals surface area contributed by atoms with Gasteiger partial charge in [0.2, 0.25) is 0 Å². The zero-order valence-corrected chi connectivity index (χ0v) is 16.7. The average Bonchev–Trinajstić information content (AvgIpc) is 2.96. The van der Waals surface area contributed by atoms with Crippen LogP contribution in [-0.2, 0) is 10.2 Å². The van der Waals surface area contributed by atoms with Crippen LogP contribution in [-0.4, -0.2) is 47.6 Å². The van der Waals surface area contributed by atoms with Gasteiger partial charge in [-0.25, -0.2) is 0 Å². The molecular weight excluding hydrogens is 326 g/mol. The quantitative estimate of drug-likeness (QED) is 0.847. The largest absolute Gasteiger partial charge is 0.481 e. The first kappa shape index (κ1) is 20.6. The Hall–Kier alpha value is -1.72. The van der Waals surface area contributed by atoms with Crippen LogP contribution in [0.2, 0.25) is 0 Å². The molecule has 26 heavy (non-hydrogen) atoms. The van der Waals surface area contributed by atoms with Crippen molar-refractivity contribution in [3.63, 3.8) is 0 Å². The van der Waals surface area contributed by atoms with E-state index in [1.807, 2.05) is 0 Å². The highest BCUT2D eigenvalue weighted by Gasteiger charge is 2.36. The molecule has 0 bridgehead atoms. The monoisotopic (exact) mass is 359 g/mol. The molecule has 144 valence electrons. The van der Waals surface area contributed by atoms with Gasteiger partial charge in [-0.05, 0) is 36.3 Å². The third kappa shape index (κ3) is 5.39. The Morgan fingerprint density at radius 1 is 1.27 bits per heavy atom. The lowest BCUT2D eigenvalue weighted by atomic mass is 9.84. The van der Waals surface area contributed by atoms with Crippen molar-refractivity contribution in [2.24, 2.45) is 4.99 Å². The van der Waals surface area contributed by atoms with Gasteiger partial charge in [-0.15, -0.1) is 0 Å². The third-order valence-electron chi connectivity index (χ3n) is 5.17. The van der Waals surface area contributed by atoms with Gasteiger partial charge in [0.05, 0.1) is 0 Å². The fourth-order valence-corrected chi connectivity index (χ4v) is 3.69. The smallest absolute Gasteiger partial charge is 0.300 e. The van der Waals surface area contributed by atoms with Gasteiger partial charge in [0.15, 0.2) is 6.29 Å². The normalized spacial score (nSPS) is 26.3. The van der Waals surface area contributed by atoms with E-state index in [0.29, 0.717) is 12.0 Å². The number of hydrogen-bond acceptors (Lipinski definition) is 4. The summed E-state index contributed by atoms with van der Waals surface area (Å²) in [4.78, 5) is 16.1. The Bertz CT molecular complexity index is 615. The number of carboxylic acid groups (broad SMARTS) is 1. The molecule has 0 radical (unpaired) electrons. The van der Waals surface area contributed by atoms with Crippen molar-refractivity contribution in [2.45, 2.75) is 71.1 Å². The van der Waals surface area contributed by atoms with Crippen LogP contribution in [0.25, 0.3) is 0 Å². The van der Waals surface area contributed by atoms with E-state index in [1.54, 1.807) is 0 Å². The van der Waals surface area contributed by atoms with Crippen molar-refractivity contribution in [2.75, 3.05) is 13.1 Å². The van der Waals surface area contributed by atoms with E-state index >= 15 is 0 Å². The minimum atomic E-state index is -0.833. The van der Waals surface area contributed by atoms with Gasteiger partial charge in [0.25, 0.3) is 5.97 Å². The van der Waals surface area contributed by atoms with Crippen LogP contribution in [0.5, 0.6) is 0 Å². The molecule has 1 saturated heterocycles. The topological polar surface area (TPSA) is 64.9 Å². The molecule has 3 atom stereocenters. The van der Waals surface area contributed by atoms with Gasteiger partial charge in [0, 0.05) is 38.2 Å². The van der Waals surface area contributed by atoms with Crippen LogP contribution in [0.1, 0.15) is 64.5 Å². The van der Waals surface area contributed by atoms with Gasteiger partial charge in [-0.1, -0.05) is 45.0 Å². The van der Waals surface area contributed by atoms with E-state index in [9.17, 15) is 0 Å². The first-order valence-electron chi connectivity index (χ1n) is 9.51. The van der Waals surface area contributed by atoms with Crippen LogP contribution in [0.4, 0.5) is 0 Å². The molecule has 1 aromatic carbocycles. The highest BCUT2D eigenvalue weighted by molar-refractivity contribution is 5.63. The van der Waals surface area contributed by atoms with Crippen LogP contribution in [0.15, 0.2) is 29.3 Å². The molecule has 2 N–H and O–H groups in total. The Morgan fingerprint density at radius 2 is 1.88 bits per heavy atom. The van der Waals surface area contributed by atoms with Gasteiger partial charge in [-0.2, -0.15) is 0 Å². The Balaban J connectivity index is 0.000000552. The Labute approximate surface area is 157 Å². The second-order valence-electron chi connectivity index (χ2n) is 8.21. The van der Waals surface area contributed by atoms with Crippen molar-refractivity contribution in [3.8, 4) is 0 Å². The summed E-state index contributed by atoms with van der Waals surface area (Å²) in [5, 5.41) is 10.9. The maximum Gasteiger partial charge on any atom is 0.300 e. The van der Waals surface area contributed by atoms with E-state index < -0.39 is 5.97 Å². The number of likely N-dealkylation sites (tertiary alicyclic amines) is 1. The van der Waals surface area contributed by atoms with E-state index in [0.717, 1.165) is 26.4 Å². The standard InChI is InChI=1S/C19H29N3.C2H4O2/c1-14-17(10-13-22(14)18-20-11-5-12-21-18)15-6-8-16(9-7-15)19(2,3)4;1-2(3)4/h6-9,11,14,17-18,21H,5,10,12-13H2,1-4H3;1H3,(H,3,4). The van der Waals surface area contributed by atoms with E-state index in [4.69, 9.17) is 9.90 Å². The zero-order valence-electron chi connectivity index (χ0n) is 16.7. The fraction of sp³-hybridized carbons (Fsp3) is 0.619. The first-order chi connectivity index (χ1) is 12.2. The SMILES string of the molecule is CC(=O)O.CC1C(c2ccc(C(C)(C)C)cc2)CCN1C1N=CCCN1. The predicted molar refractivity (Wildman–Crippen MR) is 107 cm³/mol. The molecule has 2 aliphatic rings. The molecular formula is C21H33N3O2. The summed E-state index contributed by atoms with van der Waals surface area (Å²) < 4.78 is 0. The number of carboxylic acids is 1. The summed E-state index contributed by atoms with van der Waals surface area (Å²) in [6.07, 6.45) is 4.53. The van der Waals surface area contributed by atoms with Crippen LogP contribution in [0.3, 0.4) is 0 Å². The number of rotatable bonds is 2. The summed E-state index contributed by atoms with van der Waals surface area (Å²) in [5.74, 6) is -0.215. The molecule has 5 nitrogen and oxygen atoms in total. The van der Waals surface area contributed by atoms with Gasteiger partial charge in [0.1, 0.15) is 0 Å². The van der Waals surface area contributed by atoms with Crippen molar-refractivity contribution in [1.29, 1.82) is 0 Å². The average molecular weight is 360 g/mol. The zero-order chi connectivity index (χ0) is 19.3. The van der Waals surface area contributed by atoms with E-state index in [-0.39, 0.29) is 11.7 Å². The van der Waals surface area contributed by atoms with Gasteiger partial charge >= 0.3 is 0 Å². The molecule has 0 spiro atoms. The van der Waals surface area contributed by atoms with Crippen LogP contribution < -0.4 is 5.32 Å². The number of nitrogens with one attached hydrogen (secondary N) is 1. The molecule has 0 amide bonds. The number of hydrogen-bond donors (Lipinski definition) is 2. The second kappa shape index (κ2) is 8.78. The Morgan fingerprint density at radius 3 is 2.38 bits per heavy atom. The summed E-state index contributed by atoms with van der Waals surface area (Å²) >= 11 is 0. The fourth-order valence-electron chi connectivity index (χ4n) is 3.69. The molecule has 0 saturated carbocycles. The number of benzene rings is 1. The van der Waals surface area contributed by atoms with Crippen molar-refractivity contribution in [3.05, 3.63) is 35.4 Å². The number of aliphatic imine (C=N–C) groups is 1. The Kier molecular flexibility index (Phi) is 6.95. The molecule has 1 aromatic rings. The van der Waals surface area contributed by atoms with Gasteiger partial charge in [-0.3, -0.25) is 20.0 Å². The van der Waals surface area contributed by atoms with E-state index in [1.165, 1.54) is 17.5 Å². The lowest BCUT2D eigenvalue weighted by Crippen LogP contribution is -2.48. The highest BCUT2D eigenvalue weighted by Crippen LogP contribution is 2.35. The molecule has 3 unspecified atom stereocenters. The summed E-state index contributed by atoms with van der Waals surface area (Å²) in [7, 11) is 0. The molecule has 2 heterocycles. The van der Waals surface area contributed by atoms with Crippen molar-refractivity contribution >= 4 is 12.2 Å². The molecule has 0 aliphatic carbocycles.